The average Bonchev–Trinajstić information content (AvgIpc) is 3.19. The molecule has 2 N–H and O–H groups in total. The van der Waals surface area contributed by atoms with Crippen LogP contribution in [-0.4, -0.2) is 35.0 Å². The van der Waals surface area contributed by atoms with E-state index in [1.807, 2.05) is 0 Å². The van der Waals surface area contributed by atoms with Crippen LogP contribution in [0.3, 0.4) is 0 Å². The molecule has 1 saturated heterocycles. The number of nitrogens with one attached hydrogen (secondary N) is 2. The van der Waals surface area contributed by atoms with Crippen LogP contribution >= 0.6 is 0 Å². The number of hydrogen-bond acceptors (Lipinski definition) is 5. The van der Waals surface area contributed by atoms with Crippen molar-refractivity contribution in [1.29, 1.82) is 0 Å². The van der Waals surface area contributed by atoms with Gasteiger partial charge in [-0.25, -0.2) is 4.79 Å². The first kappa shape index (κ1) is 20.4. The highest BCUT2D eigenvalue weighted by atomic mass is 16.5. The maximum absolute atomic E-state index is 12.5. The van der Waals surface area contributed by atoms with Crippen molar-refractivity contribution in [2.45, 2.75) is 25.8 Å². The van der Waals surface area contributed by atoms with Crippen molar-refractivity contribution in [3.8, 4) is 5.75 Å². The smallest absolute Gasteiger partial charge is 0.328 e. The van der Waals surface area contributed by atoms with Crippen molar-refractivity contribution >= 4 is 34.1 Å². The largest absolute Gasteiger partial charge is 0.495 e. The number of rotatable bonds is 6. The molecule has 2 heterocycles. The van der Waals surface area contributed by atoms with Crippen molar-refractivity contribution < 1.29 is 14.3 Å². The topological polar surface area (TPSA) is 114 Å². The van der Waals surface area contributed by atoms with Crippen LogP contribution in [0.4, 0.5) is 11.4 Å². The molecule has 0 bridgehead atoms. The number of methoxy groups -OCH3 is 1. The molecule has 0 unspecified atom stereocenters. The summed E-state index contributed by atoms with van der Waals surface area (Å²) in [5.41, 5.74) is 0.604. The first-order chi connectivity index (χ1) is 15.0. The number of anilines is 2. The number of amides is 2. The molecule has 4 rings (SSSR count). The minimum atomic E-state index is -0.559. The second-order valence-electron chi connectivity index (χ2n) is 7.26. The van der Waals surface area contributed by atoms with Gasteiger partial charge in [0.2, 0.25) is 11.8 Å². The van der Waals surface area contributed by atoms with Crippen LogP contribution in [0.1, 0.15) is 19.3 Å². The molecule has 2 amide bonds. The number of aryl methyl sites for hydroxylation is 1. The van der Waals surface area contributed by atoms with E-state index in [9.17, 15) is 19.2 Å². The Kier molecular flexibility index (Phi) is 5.57. The van der Waals surface area contributed by atoms with Gasteiger partial charge in [-0.15, -0.1) is 0 Å². The molecule has 1 aromatic heterocycles. The summed E-state index contributed by atoms with van der Waals surface area (Å²) in [5, 5.41) is 3.19. The predicted octanol–water partition coefficient (Wildman–Crippen LogP) is 1.85. The van der Waals surface area contributed by atoms with Gasteiger partial charge in [0.05, 0.1) is 23.7 Å². The Bertz CT molecular complexity index is 1280. The zero-order chi connectivity index (χ0) is 22.0. The van der Waals surface area contributed by atoms with Gasteiger partial charge in [0, 0.05) is 31.6 Å². The van der Waals surface area contributed by atoms with E-state index in [1.165, 1.54) is 11.7 Å². The third-order valence-electron chi connectivity index (χ3n) is 5.29. The highest BCUT2D eigenvalue weighted by molar-refractivity contribution is 5.98. The van der Waals surface area contributed by atoms with Gasteiger partial charge < -0.3 is 15.0 Å². The van der Waals surface area contributed by atoms with Crippen LogP contribution in [0.15, 0.2) is 52.1 Å². The molecule has 31 heavy (non-hydrogen) atoms. The number of aromatic amines is 1. The van der Waals surface area contributed by atoms with Gasteiger partial charge in [0.1, 0.15) is 5.75 Å². The first-order valence-electron chi connectivity index (χ1n) is 9.98. The summed E-state index contributed by atoms with van der Waals surface area (Å²) >= 11 is 0. The minimum absolute atomic E-state index is 0.0195. The zero-order valence-electron chi connectivity index (χ0n) is 17.0. The molecular formula is C22H22N4O5. The van der Waals surface area contributed by atoms with E-state index < -0.39 is 11.2 Å². The quantitative estimate of drug-likeness (QED) is 0.629. The zero-order valence-corrected chi connectivity index (χ0v) is 17.0. The molecule has 1 fully saturated rings. The van der Waals surface area contributed by atoms with Gasteiger partial charge in [0.25, 0.3) is 5.56 Å². The number of carbonyl (C=O) groups excluding carboxylic acids is 2. The Balaban J connectivity index is 1.51. The van der Waals surface area contributed by atoms with Crippen molar-refractivity contribution in [2.75, 3.05) is 23.9 Å². The average molecular weight is 422 g/mol. The summed E-state index contributed by atoms with van der Waals surface area (Å²) in [5.74, 6) is 0.275. The second kappa shape index (κ2) is 8.47. The van der Waals surface area contributed by atoms with Crippen LogP contribution < -0.4 is 26.2 Å². The van der Waals surface area contributed by atoms with Gasteiger partial charge >= 0.3 is 5.69 Å². The SMILES string of the molecule is COc1ccc(NC(=O)CCn2c(=O)[nH]c(=O)c3ccccc32)cc1N1CCCC1=O. The number of H-pyrrole nitrogens is 1. The third-order valence-corrected chi connectivity index (χ3v) is 5.29. The van der Waals surface area contributed by atoms with E-state index in [2.05, 4.69) is 10.3 Å². The normalized spacial score (nSPS) is 13.6. The molecule has 0 radical (unpaired) electrons. The number of benzene rings is 2. The Labute approximate surface area is 177 Å². The summed E-state index contributed by atoms with van der Waals surface area (Å²) in [6.07, 6.45) is 1.29. The predicted molar refractivity (Wildman–Crippen MR) is 117 cm³/mol. The van der Waals surface area contributed by atoms with E-state index in [0.29, 0.717) is 41.0 Å². The molecule has 1 aliphatic rings. The molecule has 9 heteroatoms. The maximum atomic E-state index is 12.5. The van der Waals surface area contributed by atoms with Crippen molar-refractivity contribution in [3.63, 3.8) is 0 Å². The molecule has 3 aromatic rings. The van der Waals surface area contributed by atoms with Crippen molar-refractivity contribution in [1.82, 2.24) is 9.55 Å². The second-order valence-corrected chi connectivity index (χ2v) is 7.26. The van der Waals surface area contributed by atoms with Gasteiger partial charge in [-0.1, -0.05) is 12.1 Å². The first-order valence-corrected chi connectivity index (χ1v) is 9.98. The van der Waals surface area contributed by atoms with E-state index in [-0.39, 0.29) is 24.8 Å². The fraction of sp³-hybridized carbons (Fsp3) is 0.273. The lowest BCUT2D eigenvalue weighted by molar-refractivity contribution is -0.117. The molecular weight excluding hydrogens is 400 g/mol. The lowest BCUT2D eigenvalue weighted by atomic mass is 10.2. The molecule has 0 atom stereocenters. The summed E-state index contributed by atoms with van der Waals surface area (Å²) < 4.78 is 6.74. The number of aromatic nitrogens is 2. The van der Waals surface area contributed by atoms with Crippen molar-refractivity contribution in [2.24, 2.45) is 0 Å². The fourth-order valence-corrected chi connectivity index (χ4v) is 3.78. The van der Waals surface area contributed by atoms with Crippen LogP contribution in [0.25, 0.3) is 10.9 Å². The molecule has 1 aliphatic heterocycles. The highest BCUT2D eigenvalue weighted by Crippen LogP contribution is 2.34. The van der Waals surface area contributed by atoms with Crippen LogP contribution in [-0.2, 0) is 16.1 Å². The summed E-state index contributed by atoms with van der Waals surface area (Å²) in [6.45, 7) is 0.713. The Morgan fingerprint density at radius 3 is 2.71 bits per heavy atom. The Morgan fingerprint density at radius 2 is 1.97 bits per heavy atom. The van der Waals surface area contributed by atoms with Crippen LogP contribution in [0.2, 0.25) is 0 Å². The number of nitrogens with zero attached hydrogens (tertiary/aromatic N) is 2. The van der Waals surface area contributed by atoms with E-state index in [4.69, 9.17) is 4.74 Å². The lowest BCUT2D eigenvalue weighted by Gasteiger charge is -2.20. The Hall–Kier alpha value is -3.88. The van der Waals surface area contributed by atoms with Gasteiger partial charge in [-0.3, -0.25) is 23.9 Å². The summed E-state index contributed by atoms with van der Waals surface area (Å²) in [7, 11) is 1.53. The van der Waals surface area contributed by atoms with Gasteiger partial charge in [-0.05, 0) is 36.8 Å². The maximum Gasteiger partial charge on any atom is 0.328 e. The van der Waals surface area contributed by atoms with E-state index >= 15 is 0 Å². The summed E-state index contributed by atoms with van der Waals surface area (Å²) in [6, 6.07) is 11.9. The summed E-state index contributed by atoms with van der Waals surface area (Å²) in [4.78, 5) is 52.8. The van der Waals surface area contributed by atoms with Crippen LogP contribution in [0.5, 0.6) is 5.75 Å². The number of fused-ring (bicyclic) bond motifs is 1. The number of hydrogen-bond donors (Lipinski definition) is 2. The van der Waals surface area contributed by atoms with E-state index in [0.717, 1.165) is 6.42 Å². The molecule has 0 spiro atoms. The number of carbonyl (C=O) groups is 2. The van der Waals surface area contributed by atoms with E-state index in [1.54, 1.807) is 47.4 Å². The highest BCUT2D eigenvalue weighted by Gasteiger charge is 2.25. The van der Waals surface area contributed by atoms with Crippen LogP contribution in [0, 0.1) is 0 Å². The molecule has 0 saturated carbocycles. The standard InChI is InChI=1S/C22H22N4O5/c1-31-18-9-8-14(13-17(18)25-11-4-7-20(25)28)23-19(27)10-12-26-16-6-3-2-5-15(16)21(29)24-22(26)30/h2-3,5-6,8-9,13H,4,7,10-12H2,1H3,(H,23,27)(H,24,29,30). The molecule has 0 aliphatic carbocycles. The van der Waals surface area contributed by atoms with Gasteiger partial charge in [-0.2, -0.15) is 0 Å². The van der Waals surface area contributed by atoms with Crippen molar-refractivity contribution in [3.05, 3.63) is 63.3 Å². The number of ether oxygens (including phenoxy) is 1. The van der Waals surface area contributed by atoms with Gasteiger partial charge in [0.15, 0.2) is 0 Å². The monoisotopic (exact) mass is 422 g/mol. The number of para-hydroxylation sites is 1. The third kappa shape index (κ3) is 4.07. The lowest BCUT2D eigenvalue weighted by Crippen LogP contribution is -2.31. The molecule has 9 nitrogen and oxygen atoms in total. The molecule has 2 aromatic carbocycles. The Morgan fingerprint density at radius 1 is 1.16 bits per heavy atom. The fourth-order valence-electron chi connectivity index (χ4n) is 3.78. The molecule has 160 valence electrons. The minimum Gasteiger partial charge on any atom is -0.495 e.